The van der Waals surface area contributed by atoms with E-state index in [9.17, 15) is 13.2 Å². The van der Waals surface area contributed by atoms with E-state index in [0.29, 0.717) is 49.9 Å². The predicted molar refractivity (Wildman–Crippen MR) is 126 cm³/mol. The molecule has 1 aliphatic rings. The van der Waals surface area contributed by atoms with E-state index in [1.165, 1.54) is 4.31 Å². The number of carbonyl (C=O) groups excluding carboxylic acids is 1. The largest absolute Gasteiger partial charge is 0.494 e. The Morgan fingerprint density at radius 1 is 1.06 bits per heavy atom. The van der Waals surface area contributed by atoms with Crippen LogP contribution in [0.4, 0.5) is 0 Å². The third kappa shape index (κ3) is 6.11. The van der Waals surface area contributed by atoms with Crippen LogP contribution >= 0.6 is 0 Å². The smallest absolute Gasteiger partial charge is 0.243 e. The molecule has 0 atom stereocenters. The molecule has 0 saturated carbocycles. The minimum atomic E-state index is -3.53. The summed E-state index contributed by atoms with van der Waals surface area (Å²) < 4.78 is 33.2. The van der Waals surface area contributed by atoms with Crippen LogP contribution in [0.2, 0.25) is 0 Å². The standard InChI is InChI=1S/C25H34N2O4S/c1-20(2)21-10-12-24(13-11-21)32(29,30)27-17-14-22(15-18-27)25(28)26(3)16-7-19-31-23-8-5-4-6-9-23/h4-6,8-13,20,22H,7,14-19H2,1-3H3. The normalized spacial score (nSPS) is 15.6. The summed E-state index contributed by atoms with van der Waals surface area (Å²) in [4.78, 5) is 14.9. The van der Waals surface area contributed by atoms with Gasteiger partial charge in [-0.15, -0.1) is 0 Å². The van der Waals surface area contributed by atoms with Crippen molar-refractivity contribution in [3.8, 4) is 5.75 Å². The molecule has 174 valence electrons. The van der Waals surface area contributed by atoms with E-state index in [1.54, 1.807) is 17.0 Å². The van der Waals surface area contributed by atoms with Crippen molar-refractivity contribution < 1.29 is 17.9 Å². The highest BCUT2D eigenvalue weighted by atomic mass is 32.2. The van der Waals surface area contributed by atoms with Crippen molar-refractivity contribution in [3.05, 3.63) is 60.2 Å². The van der Waals surface area contributed by atoms with Gasteiger partial charge in [-0.1, -0.05) is 44.2 Å². The van der Waals surface area contributed by atoms with Gasteiger partial charge < -0.3 is 9.64 Å². The number of amides is 1. The maximum atomic E-state index is 13.0. The molecule has 6 nitrogen and oxygen atoms in total. The lowest BCUT2D eigenvalue weighted by molar-refractivity contribution is -0.135. The lowest BCUT2D eigenvalue weighted by Crippen LogP contribution is -2.43. The van der Waals surface area contributed by atoms with Gasteiger partial charge in [-0.25, -0.2) is 8.42 Å². The quantitative estimate of drug-likeness (QED) is 0.530. The first-order valence-electron chi connectivity index (χ1n) is 11.3. The first kappa shape index (κ1) is 24.3. The molecule has 1 aliphatic heterocycles. The van der Waals surface area contributed by atoms with Gasteiger partial charge in [-0.05, 0) is 55.0 Å². The second kappa shape index (κ2) is 11.0. The number of nitrogens with zero attached hydrogens (tertiary/aromatic N) is 2. The second-order valence-corrected chi connectivity index (χ2v) is 10.6. The zero-order chi connectivity index (χ0) is 23.1. The highest BCUT2D eigenvalue weighted by Gasteiger charge is 2.33. The minimum absolute atomic E-state index is 0.0862. The van der Waals surface area contributed by atoms with E-state index in [0.717, 1.165) is 17.7 Å². The van der Waals surface area contributed by atoms with Crippen LogP contribution in [0.5, 0.6) is 5.75 Å². The van der Waals surface area contributed by atoms with Crippen molar-refractivity contribution in [3.63, 3.8) is 0 Å². The van der Waals surface area contributed by atoms with Crippen LogP contribution in [-0.2, 0) is 14.8 Å². The summed E-state index contributed by atoms with van der Waals surface area (Å²) in [6.45, 7) is 6.07. The maximum Gasteiger partial charge on any atom is 0.243 e. The molecule has 32 heavy (non-hydrogen) atoms. The van der Waals surface area contributed by atoms with Gasteiger partial charge in [0.2, 0.25) is 15.9 Å². The molecule has 0 spiro atoms. The van der Waals surface area contributed by atoms with Gasteiger partial charge in [-0.2, -0.15) is 4.31 Å². The summed E-state index contributed by atoms with van der Waals surface area (Å²) in [7, 11) is -1.72. The van der Waals surface area contributed by atoms with Gasteiger partial charge in [0, 0.05) is 32.6 Å². The van der Waals surface area contributed by atoms with Crippen molar-refractivity contribution in [1.29, 1.82) is 0 Å². The van der Waals surface area contributed by atoms with Crippen LogP contribution in [0.15, 0.2) is 59.5 Å². The molecule has 1 amide bonds. The Bertz CT molecular complexity index is 967. The van der Waals surface area contributed by atoms with Crippen LogP contribution in [0.1, 0.15) is 44.6 Å². The maximum absolute atomic E-state index is 13.0. The molecule has 7 heteroatoms. The Kier molecular flexibility index (Phi) is 8.32. The molecule has 0 unspecified atom stereocenters. The van der Waals surface area contributed by atoms with Crippen LogP contribution in [-0.4, -0.2) is 56.8 Å². The molecular weight excluding hydrogens is 424 g/mol. The van der Waals surface area contributed by atoms with Gasteiger partial charge in [0.25, 0.3) is 0 Å². The Hall–Kier alpha value is -2.38. The van der Waals surface area contributed by atoms with Gasteiger partial charge in [0.05, 0.1) is 11.5 Å². The molecular formula is C25H34N2O4S. The number of benzene rings is 2. The molecule has 0 aromatic heterocycles. The average molecular weight is 459 g/mol. The average Bonchev–Trinajstić information content (AvgIpc) is 2.82. The van der Waals surface area contributed by atoms with Crippen molar-refractivity contribution in [2.24, 2.45) is 5.92 Å². The molecule has 0 bridgehead atoms. The summed E-state index contributed by atoms with van der Waals surface area (Å²) in [6, 6.07) is 16.8. The Morgan fingerprint density at radius 3 is 2.28 bits per heavy atom. The number of carbonyl (C=O) groups is 1. The topological polar surface area (TPSA) is 66.9 Å². The first-order chi connectivity index (χ1) is 15.3. The number of ether oxygens (including phenoxy) is 1. The highest BCUT2D eigenvalue weighted by Crippen LogP contribution is 2.26. The van der Waals surface area contributed by atoms with E-state index in [2.05, 4.69) is 13.8 Å². The van der Waals surface area contributed by atoms with Crippen LogP contribution in [0, 0.1) is 5.92 Å². The van der Waals surface area contributed by atoms with Gasteiger partial charge >= 0.3 is 0 Å². The molecule has 1 fully saturated rings. The molecule has 0 radical (unpaired) electrons. The predicted octanol–water partition coefficient (Wildman–Crippen LogP) is 4.14. The first-order valence-corrected chi connectivity index (χ1v) is 12.8. The number of hydrogen-bond acceptors (Lipinski definition) is 4. The number of para-hydroxylation sites is 1. The zero-order valence-electron chi connectivity index (χ0n) is 19.2. The molecule has 0 aliphatic carbocycles. The fourth-order valence-electron chi connectivity index (χ4n) is 3.95. The molecule has 0 N–H and O–H groups in total. The molecule has 1 saturated heterocycles. The van der Waals surface area contributed by atoms with E-state index in [-0.39, 0.29) is 11.8 Å². The van der Waals surface area contributed by atoms with Crippen LogP contribution in [0.25, 0.3) is 0 Å². The molecule has 3 rings (SSSR count). The number of rotatable bonds is 9. The van der Waals surface area contributed by atoms with Crippen molar-refractivity contribution in [2.45, 2.75) is 43.9 Å². The summed E-state index contributed by atoms with van der Waals surface area (Å²) >= 11 is 0. The second-order valence-electron chi connectivity index (χ2n) is 8.68. The van der Waals surface area contributed by atoms with E-state index < -0.39 is 10.0 Å². The lowest BCUT2D eigenvalue weighted by atomic mass is 9.96. The molecule has 2 aromatic carbocycles. The summed E-state index contributed by atoms with van der Waals surface area (Å²) in [5.74, 6) is 1.14. The third-order valence-corrected chi connectivity index (χ3v) is 7.93. The fourth-order valence-corrected chi connectivity index (χ4v) is 5.42. The van der Waals surface area contributed by atoms with E-state index in [1.807, 2.05) is 49.5 Å². The van der Waals surface area contributed by atoms with Crippen molar-refractivity contribution in [1.82, 2.24) is 9.21 Å². The fraction of sp³-hybridized carbons (Fsp3) is 0.480. The van der Waals surface area contributed by atoms with Gasteiger partial charge in [-0.3, -0.25) is 4.79 Å². The number of sulfonamides is 1. The SMILES string of the molecule is CC(C)c1ccc(S(=O)(=O)N2CCC(C(=O)N(C)CCCOc3ccccc3)CC2)cc1. The summed E-state index contributed by atoms with van der Waals surface area (Å²) in [5.41, 5.74) is 1.12. The molecule has 2 aromatic rings. The third-order valence-electron chi connectivity index (χ3n) is 6.01. The van der Waals surface area contributed by atoms with Gasteiger partial charge in [0.15, 0.2) is 0 Å². The van der Waals surface area contributed by atoms with Crippen molar-refractivity contribution >= 4 is 15.9 Å². The van der Waals surface area contributed by atoms with Gasteiger partial charge in [0.1, 0.15) is 5.75 Å². The number of piperidine rings is 1. The van der Waals surface area contributed by atoms with Crippen LogP contribution < -0.4 is 4.74 Å². The van der Waals surface area contributed by atoms with Crippen LogP contribution in [0.3, 0.4) is 0 Å². The summed E-state index contributed by atoms with van der Waals surface area (Å²) in [6.07, 6.45) is 1.84. The Balaban J connectivity index is 1.46. The summed E-state index contributed by atoms with van der Waals surface area (Å²) in [5, 5.41) is 0. The zero-order valence-corrected chi connectivity index (χ0v) is 20.1. The highest BCUT2D eigenvalue weighted by molar-refractivity contribution is 7.89. The Labute approximate surface area is 192 Å². The lowest BCUT2D eigenvalue weighted by Gasteiger charge is -2.32. The van der Waals surface area contributed by atoms with E-state index in [4.69, 9.17) is 4.74 Å². The van der Waals surface area contributed by atoms with Crippen molar-refractivity contribution in [2.75, 3.05) is 33.3 Å². The number of hydrogen-bond donors (Lipinski definition) is 0. The molecule has 1 heterocycles. The van der Waals surface area contributed by atoms with E-state index >= 15 is 0 Å². The Morgan fingerprint density at radius 2 is 1.69 bits per heavy atom. The monoisotopic (exact) mass is 458 g/mol. The minimum Gasteiger partial charge on any atom is -0.494 e.